The molecule has 2 N–H and O–H groups in total. The molecule has 16 heavy (non-hydrogen) atoms. The molecule has 0 saturated carbocycles. The molecule has 0 aliphatic heterocycles. The maximum atomic E-state index is 11.3. The van der Waals surface area contributed by atoms with Gasteiger partial charge in [-0.25, -0.2) is 8.42 Å². The number of aliphatic hydroxyl groups excluding tert-OH is 2. The van der Waals surface area contributed by atoms with Crippen LogP contribution in [0.4, 0.5) is 0 Å². The predicted molar refractivity (Wildman–Crippen MR) is 61.9 cm³/mol. The molecular formula is C11H16O4S. The van der Waals surface area contributed by atoms with Crippen molar-refractivity contribution < 1.29 is 18.6 Å². The number of aryl methyl sites for hydroxylation is 1. The Morgan fingerprint density at radius 2 is 1.75 bits per heavy atom. The van der Waals surface area contributed by atoms with Gasteiger partial charge in [0.15, 0.2) is 9.84 Å². The molecule has 0 aromatic heterocycles. The normalized spacial score (nSPS) is 15.8. The quantitative estimate of drug-likeness (QED) is 0.805. The number of aliphatic hydroxyl groups is 2. The largest absolute Gasteiger partial charge is 0.395 e. The summed E-state index contributed by atoms with van der Waals surface area (Å²) in [6, 6.07) is 6.90. The van der Waals surface area contributed by atoms with Crippen molar-refractivity contribution in [3.8, 4) is 0 Å². The van der Waals surface area contributed by atoms with E-state index in [2.05, 4.69) is 0 Å². The van der Waals surface area contributed by atoms with E-state index in [4.69, 9.17) is 5.11 Å². The molecule has 1 rings (SSSR count). The Bertz CT molecular complexity index is 436. The molecule has 0 bridgehead atoms. The van der Waals surface area contributed by atoms with Crippen LogP contribution in [0.2, 0.25) is 0 Å². The van der Waals surface area contributed by atoms with Crippen LogP contribution in [0, 0.1) is 6.92 Å². The van der Waals surface area contributed by atoms with Gasteiger partial charge in [0.2, 0.25) is 0 Å². The lowest BCUT2D eigenvalue weighted by Crippen LogP contribution is -2.31. The standard InChI is InChI=1S/C11H16O4S/c1-8-3-5-9(6-4-8)11(13)10(7-12)16(2,14)15/h3-6,10-13H,7H2,1-2H3/t10-,11+/m1/s1. The highest BCUT2D eigenvalue weighted by Gasteiger charge is 2.29. The van der Waals surface area contributed by atoms with E-state index in [0.29, 0.717) is 5.56 Å². The highest BCUT2D eigenvalue weighted by molar-refractivity contribution is 7.91. The van der Waals surface area contributed by atoms with Gasteiger partial charge in [0.05, 0.1) is 12.7 Å². The van der Waals surface area contributed by atoms with Crippen LogP contribution in [0.1, 0.15) is 17.2 Å². The summed E-state index contributed by atoms with van der Waals surface area (Å²) in [5.74, 6) is 0. The molecule has 0 saturated heterocycles. The van der Waals surface area contributed by atoms with Gasteiger partial charge >= 0.3 is 0 Å². The number of hydrogen-bond donors (Lipinski definition) is 2. The second-order valence-electron chi connectivity index (χ2n) is 3.91. The van der Waals surface area contributed by atoms with E-state index in [1.165, 1.54) is 0 Å². The second-order valence-corrected chi connectivity index (χ2v) is 6.17. The summed E-state index contributed by atoms with van der Waals surface area (Å²) in [6.07, 6.45) is -0.189. The average Bonchev–Trinajstić information content (AvgIpc) is 2.17. The third kappa shape index (κ3) is 3.04. The van der Waals surface area contributed by atoms with Crippen molar-refractivity contribution in [2.45, 2.75) is 18.3 Å². The van der Waals surface area contributed by atoms with Gasteiger partial charge in [-0.15, -0.1) is 0 Å². The third-order valence-electron chi connectivity index (χ3n) is 2.50. The summed E-state index contributed by atoms with van der Waals surface area (Å²) < 4.78 is 22.6. The average molecular weight is 244 g/mol. The molecule has 1 aromatic carbocycles. The molecular weight excluding hydrogens is 228 g/mol. The summed E-state index contributed by atoms with van der Waals surface area (Å²) in [5, 5.41) is 17.7. The minimum absolute atomic E-state index is 0.495. The van der Waals surface area contributed by atoms with Crippen LogP contribution >= 0.6 is 0 Å². The molecule has 0 heterocycles. The summed E-state index contributed by atoms with van der Waals surface area (Å²) in [7, 11) is -3.47. The van der Waals surface area contributed by atoms with Crippen LogP contribution < -0.4 is 0 Å². The van der Waals surface area contributed by atoms with Crippen molar-refractivity contribution in [1.29, 1.82) is 0 Å². The van der Waals surface area contributed by atoms with Crippen molar-refractivity contribution in [1.82, 2.24) is 0 Å². The summed E-state index contributed by atoms with van der Waals surface area (Å²) in [4.78, 5) is 0. The number of benzene rings is 1. The molecule has 0 unspecified atom stereocenters. The predicted octanol–water partition coefficient (Wildman–Crippen LogP) is 0.434. The Morgan fingerprint density at radius 3 is 2.12 bits per heavy atom. The van der Waals surface area contributed by atoms with Crippen LogP contribution in [-0.4, -0.2) is 36.7 Å². The van der Waals surface area contributed by atoms with Crippen LogP contribution in [-0.2, 0) is 9.84 Å². The Labute approximate surface area is 95.5 Å². The topological polar surface area (TPSA) is 74.6 Å². The van der Waals surface area contributed by atoms with Gasteiger partial charge in [-0.3, -0.25) is 0 Å². The molecule has 1 aromatic rings. The summed E-state index contributed by atoms with van der Waals surface area (Å²) >= 11 is 0. The molecule has 4 nitrogen and oxygen atoms in total. The van der Waals surface area contributed by atoms with E-state index in [0.717, 1.165) is 11.8 Å². The van der Waals surface area contributed by atoms with E-state index in [-0.39, 0.29) is 0 Å². The first-order chi connectivity index (χ1) is 7.36. The maximum Gasteiger partial charge on any atom is 0.155 e. The zero-order chi connectivity index (χ0) is 12.3. The Kier molecular flexibility index (Phi) is 4.07. The lowest BCUT2D eigenvalue weighted by molar-refractivity contribution is 0.138. The lowest BCUT2D eigenvalue weighted by atomic mass is 10.1. The second kappa shape index (κ2) is 4.95. The highest BCUT2D eigenvalue weighted by atomic mass is 32.2. The fourth-order valence-electron chi connectivity index (χ4n) is 1.45. The fraction of sp³-hybridized carbons (Fsp3) is 0.455. The first-order valence-electron chi connectivity index (χ1n) is 4.90. The van der Waals surface area contributed by atoms with Crippen molar-refractivity contribution in [2.75, 3.05) is 12.9 Å². The van der Waals surface area contributed by atoms with Crippen molar-refractivity contribution in [3.05, 3.63) is 35.4 Å². The highest BCUT2D eigenvalue weighted by Crippen LogP contribution is 2.21. The molecule has 0 aliphatic carbocycles. The zero-order valence-corrected chi connectivity index (χ0v) is 10.1. The summed E-state index contributed by atoms with van der Waals surface area (Å²) in [6.45, 7) is 1.31. The van der Waals surface area contributed by atoms with E-state index in [1.54, 1.807) is 24.3 Å². The number of sulfone groups is 1. The number of rotatable bonds is 4. The Hall–Kier alpha value is -0.910. The maximum absolute atomic E-state index is 11.3. The minimum atomic E-state index is -3.47. The first-order valence-corrected chi connectivity index (χ1v) is 6.86. The zero-order valence-electron chi connectivity index (χ0n) is 9.29. The van der Waals surface area contributed by atoms with Gasteiger partial charge in [0, 0.05) is 6.26 Å². The molecule has 0 spiro atoms. The van der Waals surface area contributed by atoms with Crippen molar-refractivity contribution in [3.63, 3.8) is 0 Å². The van der Waals surface area contributed by atoms with Gasteiger partial charge in [-0.05, 0) is 12.5 Å². The minimum Gasteiger partial charge on any atom is -0.395 e. The first kappa shape index (κ1) is 13.2. The van der Waals surface area contributed by atoms with Crippen LogP contribution in [0.15, 0.2) is 24.3 Å². The van der Waals surface area contributed by atoms with Crippen LogP contribution in [0.25, 0.3) is 0 Å². The van der Waals surface area contributed by atoms with E-state index < -0.39 is 27.8 Å². The van der Waals surface area contributed by atoms with E-state index >= 15 is 0 Å². The molecule has 5 heteroatoms. The molecule has 2 atom stereocenters. The molecule has 90 valence electrons. The van der Waals surface area contributed by atoms with Gasteiger partial charge in [-0.1, -0.05) is 29.8 Å². The number of hydrogen-bond acceptors (Lipinski definition) is 4. The van der Waals surface area contributed by atoms with Gasteiger partial charge in [-0.2, -0.15) is 0 Å². The van der Waals surface area contributed by atoms with Crippen LogP contribution in [0.3, 0.4) is 0 Å². The Balaban J connectivity index is 3.00. The van der Waals surface area contributed by atoms with Crippen molar-refractivity contribution >= 4 is 9.84 Å². The van der Waals surface area contributed by atoms with Gasteiger partial charge in [0.25, 0.3) is 0 Å². The SMILES string of the molecule is Cc1ccc([C@H](O)[C@@H](CO)S(C)(=O)=O)cc1. The van der Waals surface area contributed by atoms with Crippen LogP contribution in [0.5, 0.6) is 0 Å². The van der Waals surface area contributed by atoms with Gasteiger partial charge in [0.1, 0.15) is 5.25 Å². The third-order valence-corrected chi connectivity index (χ3v) is 4.01. The lowest BCUT2D eigenvalue weighted by Gasteiger charge is -2.19. The molecule has 0 radical (unpaired) electrons. The molecule has 0 fully saturated rings. The summed E-state index contributed by atoms with van der Waals surface area (Å²) in [5.41, 5.74) is 1.52. The van der Waals surface area contributed by atoms with Crippen molar-refractivity contribution in [2.24, 2.45) is 0 Å². The monoisotopic (exact) mass is 244 g/mol. The van der Waals surface area contributed by atoms with E-state index in [1.807, 2.05) is 6.92 Å². The molecule has 0 aliphatic rings. The van der Waals surface area contributed by atoms with E-state index in [9.17, 15) is 13.5 Å². The van der Waals surface area contributed by atoms with Gasteiger partial charge < -0.3 is 10.2 Å². The Morgan fingerprint density at radius 1 is 1.25 bits per heavy atom. The molecule has 0 amide bonds. The fourth-order valence-corrected chi connectivity index (χ4v) is 2.34. The smallest absolute Gasteiger partial charge is 0.155 e.